The van der Waals surface area contributed by atoms with Gasteiger partial charge in [-0.25, -0.2) is 8.42 Å². The number of aliphatic hydroxyl groups excluding tert-OH is 1. The summed E-state index contributed by atoms with van der Waals surface area (Å²) in [5.41, 5.74) is 2.39. The van der Waals surface area contributed by atoms with Gasteiger partial charge in [0.25, 0.3) is 5.22 Å². The number of hydrogen-bond acceptors (Lipinski definition) is 9. The highest BCUT2D eigenvalue weighted by Gasteiger charge is 2.28. The van der Waals surface area contributed by atoms with Crippen LogP contribution in [-0.2, 0) is 14.8 Å². The minimum atomic E-state index is -4.16. The molecule has 0 radical (unpaired) electrons. The summed E-state index contributed by atoms with van der Waals surface area (Å²) in [4.78, 5) is 11.7. The molecule has 2 atom stereocenters. The molecule has 0 aliphatic carbocycles. The molecule has 0 aliphatic heterocycles. The first-order valence-electron chi connectivity index (χ1n) is 11.4. The van der Waals surface area contributed by atoms with Crippen LogP contribution in [0.25, 0.3) is 22.6 Å². The molecule has 0 saturated heterocycles. The number of hydrogen-bond donors (Lipinski definition) is 3. The number of ether oxygens (including phenoxy) is 1. The zero-order valence-corrected chi connectivity index (χ0v) is 21.9. The van der Waals surface area contributed by atoms with E-state index < -0.39 is 28.1 Å². The maximum Gasteiger partial charge on any atom is 0.321 e. The topological polar surface area (TPSA) is 152 Å². The second-order valence-corrected chi connectivity index (χ2v) is 10.9. The molecule has 4 rings (SSSR count). The Hall–Kier alpha value is -3.71. The van der Waals surface area contributed by atoms with Crippen LogP contribution in [0.3, 0.4) is 0 Å². The van der Waals surface area contributed by atoms with E-state index in [1.54, 1.807) is 31.4 Å². The number of carboxylic acid groups (broad SMARTS) is 1. The maximum atomic E-state index is 12.9. The lowest BCUT2D eigenvalue weighted by atomic mass is 10.1. The van der Waals surface area contributed by atoms with Crippen molar-refractivity contribution in [2.45, 2.75) is 28.7 Å². The van der Waals surface area contributed by atoms with Gasteiger partial charge in [0.1, 0.15) is 11.8 Å². The molecular weight excluding hydrogens is 530 g/mol. The van der Waals surface area contributed by atoms with Gasteiger partial charge in [0.2, 0.25) is 15.9 Å². The van der Waals surface area contributed by atoms with E-state index in [1.807, 2.05) is 42.5 Å². The van der Waals surface area contributed by atoms with Gasteiger partial charge in [-0.3, -0.25) is 4.79 Å². The zero-order valence-electron chi connectivity index (χ0n) is 20.2. The Morgan fingerprint density at radius 3 is 2.21 bits per heavy atom. The fourth-order valence-electron chi connectivity index (χ4n) is 3.54. The lowest BCUT2D eigenvalue weighted by Gasteiger charge is -2.18. The van der Waals surface area contributed by atoms with Crippen molar-refractivity contribution >= 4 is 27.8 Å². The molecule has 0 saturated carbocycles. The third-order valence-corrected chi connectivity index (χ3v) is 7.97. The monoisotopic (exact) mass is 555 g/mol. The molecule has 3 N–H and O–H groups in total. The number of aliphatic hydroxyl groups is 1. The van der Waals surface area contributed by atoms with Crippen LogP contribution in [0, 0.1) is 0 Å². The molecule has 12 heteroatoms. The lowest BCUT2D eigenvalue weighted by Crippen LogP contribution is -2.43. The van der Waals surface area contributed by atoms with Gasteiger partial charge >= 0.3 is 5.97 Å². The van der Waals surface area contributed by atoms with Crippen LogP contribution in [0.2, 0.25) is 0 Å². The van der Waals surface area contributed by atoms with Crippen LogP contribution in [-0.4, -0.2) is 59.8 Å². The highest BCUT2D eigenvalue weighted by molar-refractivity contribution is 7.99. The number of benzene rings is 3. The van der Waals surface area contributed by atoms with Crippen LogP contribution >= 0.6 is 11.8 Å². The number of carbonyl (C=O) groups is 1. The van der Waals surface area contributed by atoms with Crippen molar-refractivity contribution in [3.8, 4) is 28.3 Å². The minimum absolute atomic E-state index is 0.0263. The molecule has 2 unspecified atom stereocenters. The van der Waals surface area contributed by atoms with E-state index in [4.69, 9.17) is 9.15 Å². The molecule has 1 aromatic heterocycles. The van der Waals surface area contributed by atoms with Crippen molar-refractivity contribution in [1.82, 2.24) is 14.9 Å². The molecule has 0 aliphatic rings. The van der Waals surface area contributed by atoms with Gasteiger partial charge in [-0.15, -0.1) is 10.2 Å². The molecule has 4 aromatic rings. The lowest BCUT2D eigenvalue weighted by molar-refractivity contribution is -0.139. The molecule has 0 amide bonds. The maximum absolute atomic E-state index is 12.9. The Morgan fingerprint density at radius 1 is 0.974 bits per heavy atom. The number of aromatic nitrogens is 2. The van der Waals surface area contributed by atoms with Gasteiger partial charge < -0.3 is 19.4 Å². The van der Waals surface area contributed by atoms with Gasteiger partial charge in [0.05, 0.1) is 18.1 Å². The molecule has 0 spiro atoms. The van der Waals surface area contributed by atoms with Crippen molar-refractivity contribution in [2.24, 2.45) is 0 Å². The number of aliphatic carboxylic acids is 1. The van der Waals surface area contributed by atoms with E-state index in [1.165, 1.54) is 12.1 Å². The van der Waals surface area contributed by atoms with Crippen molar-refractivity contribution < 1.29 is 32.6 Å². The molecule has 0 fully saturated rings. The van der Waals surface area contributed by atoms with Gasteiger partial charge in [-0.05, 0) is 47.5 Å². The number of methoxy groups -OCH3 is 1. The van der Waals surface area contributed by atoms with Gasteiger partial charge in [0, 0.05) is 17.7 Å². The minimum Gasteiger partial charge on any atom is -0.497 e. The predicted molar refractivity (Wildman–Crippen MR) is 141 cm³/mol. The number of nitrogens with one attached hydrogen (secondary N) is 1. The van der Waals surface area contributed by atoms with E-state index in [2.05, 4.69) is 14.9 Å². The smallest absolute Gasteiger partial charge is 0.321 e. The second kappa shape index (κ2) is 12.2. The molecule has 0 bridgehead atoms. The van der Waals surface area contributed by atoms with E-state index in [-0.39, 0.29) is 22.3 Å². The predicted octanol–water partition coefficient (Wildman–Crippen LogP) is 3.69. The summed E-state index contributed by atoms with van der Waals surface area (Å²) in [6.07, 6.45) is -1.51. The van der Waals surface area contributed by atoms with Gasteiger partial charge in [-0.1, -0.05) is 54.2 Å². The summed E-state index contributed by atoms with van der Waals surface area (Å²) in [5.74, 6) is -0.363. The Labute approximate surface area is 223 Å². The van der Waals surface area contributed by atoms with E-state index in [0.717, 1.165) is 28.5 Å². The Balaban J connectivity index is 1.36. The number of thioether (sulfide) groups is 1. The molecule has 1 heterocycles. The van der Waals surface area contributed by atoms with Crippen LogP contribution in [0.15, 0.2) is 93.4 Å². The Kier molecular flexibility index (Phi) is 8.79. The largest absolute Gasteiger partial charge is 0.497 e. The van der Waals surface area contributed by atoms with Gasteiger partial charge in [0.15, 0.2) is 0 Å². The zero-order chi connectivity index (χ0) is 27.1. The average molecular weight is 556 g/mol. The SMILES string of the molecule is COc1ccc(-c2ccc(S(=O)(=O)NC(CC(O)CSc3nnc(-c4ccccc4)o3)C(=O)O)cc2)cc1. The summed E-state index contributed by atoms with van der Waals surface area (Å²) in [7, 11) is -2.60. The highest BCUT2D eigenvalue weighted by Crippen LogP contribution is 2.25. The summed E-state index contributed by atoms with van der Waals surface area (Å²) >= 11 is 1.05. The van der Waals surface area contributed by atoms with Crippen molar-refractivity contribution in [3.05, 3.63) is 78.9 Å². The van der Waals surface area contributed by atoms with Crippen LogP contribution in [0.1, 0.15) is 6.42 Å². The normalized spacial score (nSPS) is 13.1. The van der Waals surface area contributed by atoms with Crippen LogP contribution in [0.5, 0.6) is 5.75 Å². The third kappa shape index (κ3) is 6.98. The first-order valence-corrected chi connectivity index (χ1v) is 13.9. The van der Waals surface area contributed by atoms with Crippen molar-refractivity contribution in [2.75, 3.05) is 12.9 Å². The van der Waals surface area contributed by atoms with Gasteiger partial charge in [-0.2, -0.15) is 4.72 Å². The standard InChI is InChI=1S/C26H25N3O7S2/c1-35-21-11-7-17(8-12-21)18-9-13-22(14-10-18)38(33,34)29-23(25(31)32)15-20(30)16-37-26-28-27-24(36-26)19-5-3-2-4-6-19/h2-14,20,23,29-30H,15-16H2,1H3,(H,31,32). The first kappa shape index (κ1) is 27.3. The number of carboxylic acids is 1. The first-order chi connectivity index (χ1) is 18.2. The molecule has 198 valence electrons. The van der Waals surface area contributed by atoms with E-state index in [9.17, 15) is 23.4 Å². The average Bonchev–Trinajstić information content (AvgIpc) is 3.41. The molecular formula is C26H25N3O7S2. The molecule has 38 heavy (non-hydrogen) atoms. The number of sulfonamides is 1. The van der Waals surface area contributed by atoms with Crippen molar-refractivity contribution in [3.63, 3.8) is 0 Å². The second-order valence-electron chi connectivity index (χ2n) is 8.20. The number of rotatable bonds is 12. The molecule has 10 nitrogen and oxygen atoms in total. The quantitative estimate of drug-likeness (QED) is 0.221. The molecule has 3 aromatic carbocycles. The number of nitrogens with zero attached hydrogens (tertiary/aromatic N) is 2. The van der Waals surface area contributed by atoms with Crippen LogP contribution < -0.4 is 9.46 Å². The summed E-state index contributed by atoms with van der Waals surface area (Å²) in [6, 6.07) is 20.9. The fourth-order valence-corrected chi connectivity index (χ4v) is 5.45. The van der Waals surface area contributed by atoms with Crippen molar-refractivity contribution in [1.29, 1.82) is 0 Å². The summed E-state index contributed by atoms with van der Waals surface area (Å²) < 4.78 is 38.6. The summed E-state index contributed by atoms with van der Waals surface area (Å²) in [5, 5.41) is 28.1. The van der Waals surface area contributed by atoms with E-state index >= 15 is 0 Å². The summed E-state index contributed by atoms with van der Waals surface area (Å²) in [6.45, 7) is 0. The Bertz CT molecular complexity index is 1460. The highest BCUT2D eigenvalue weighted by atomic mass is 32.2. The Morgan fingerprint density at radius 2 is 1.61 bits per heavy atom. The fraction of sp³-hybridized carbons (Fsp3) is 0.192. The van der Waals surface area contributed by atoms with Crippen LogP contribution in [0.4, 0.5) is 0 Å². The third-order valence-electron chi connectivity index (χ3n) is 5.52. The van der Waals surface area contributed by atoms with E-state index in [0.29, 0.717) is 11.6 Å².